The third-order valence-electron chi connectivity index (χ3n) is 3.04. The monoisotopic (exact) mass is 362 g/mol. The maximum absolute atomic E-state index is 6.11. The number of nitrogens with one attached hydrogen (secondary N) is 1. The quantitative estimate of drug-likeness (QED) is 0.751. The maximum atomic E-state index is 6.11. The van der Waals surface area contributed by atoms with Crippen molar-refractivity contribution in [1.29, 1.82) is 0 Å². The highest BCUT2D eigenvalue weighted by Gasteiger charge is 2.05. The Labute approximate surface area is 135 Å². The molecule has 0 amide bonds. The number of anilines is 1. The van der Waals surface area contributed by atoms with Crippen LogP contribution in [-0.2, 0) is 6.54 Å². The summed E-state index contributed by atoms with van der Waals surface area (Å²) >= 11 is 9.50. The van der Waals surface area contributed by atoms with Crippen LogP contribution in [0.3, 0.4) is 0 Å². The van der Waals surface area contributed by atoms with E-state index in [-0.39, 0.29) is 0 Å². The van der Waals surface area contributed by atoms with Gasteiger partial charge in [-0.25, -0.2) is 4.68 Å². The average molecular weight is 364 g/mol. The van der Waals surface area contributed by atoms with Crippen molar-refractivity contribution in [1.82, 2.24) is 15.0 Å². The van der Waals surface area contributed by atoms with Crippen molar-refractivity contribution in [2.24, 2.45) is 0 Å². The largest absolute Gasteiger partial charge is 0.379 e. The Kier molecular flexibility index (Phi) is 4.22. The fourth-order valence-corrected chi connectivity index (χ4v) is 2.46. The predicted molar refractivity (Wildman–Crippen MR) is 87.8 cm³/mol. The highest BCUT2D eigenvalue weighted by molar-refractivity contribution is 9.10. The number of nitrogens with zero attached hydrogens (tertiary/aromatic N) is 3. The highest BCUT2D eigenvalue weighted by Crippen LogP contribution is 2.24. The topological polar surface area (TPSA) is 42.7 Å². The number of benzene rings is 2. The zero-order chi connectivity index (χ0) is 14.7. The van der Waals surface area contributed by atoms with Crippen molar-refractivity contribution >= 4 is 33.2 Å². The van der Waals surface area contributed by atoms with Gasteiger partial charge in [-0.2, -0.15) is 0 Å². The van der Waals surface area contributed by atoms with Crippen molar-refractivity contribution in [3.05, 3.63) is 69.9 Å². The summed E-state index contributed by atoms with van der Waals surface area (Å²) in [4.78, 5) is 0. The van der Waals surface area contributed by atoms with Gasteiger partial charge in [-0.1, -0.05) is 35.0 Å². The molecule has 0 radical (unpaired) electrons. The van der Waals surface area contributed by atoms with E-state index in [1.165, 1.54) is 0 Å². The SMILES string of the molecule is Clc1cc(CNc2ccccc2-n2ccnn2)ccc1Br. The first-order valence-electron chi connectivity index (χ1n) is 6.37. The Bertz CT molecular complexity index is 743. The Morgan fingerprint density at radius 1 is 1.19 bits per heavy atom. The molecule has 0 fully saturated rings. The van der Waals surface area contributed by atoms with Crippen molar-refractivity contribution in [3.63, 3.8) is 0 Å². The van der Waals surface area contributed by atoms with Gasteiger partial charge < -0.3 is 5.32 Å². The molecule has 0 unspecified atom stereocenters. The Morgan fingerprint density at radius 2 is 2.05 bits per heavy atom. The minimum Gasteiger partial charge on any atom is -0.379 e. The fourth-order valence-electron chi connectivity index (χ4n) is 2.01. The molecule has 4 nitrogen and oxygen atoms in total. The Morgan fingerprint density at radius 3 is 2.81 bits per heavy atom. The van der Waals surface area contributed by atoms with Crippen molar-refractivity contribution < 1.29 is 0 Å². The molecule has 1 N–H and O–H groups in total. The number of halogens is 2. The summed E-state index contributed by atoms with van der Waals surface area (Å²) in [5.74, 6) is 0. The molecular weight excluding hydrogens is 352 g/mol. The van der Waals surface area contributed by atoms with E-state index in [0.717, 1.165) is 21.4 Å². The van der Waals surface area contributed by atoms with E-state index in [1.807, 2.05) is 48.7 Å². The molecule has 0 atom stereocenters. The lowest BCUT2D eigenvalue weighted by molar-refractivity contribution is 0.803. The second-order valence-corrected chi connectivity index (χ2v) is 5.73. The molecule has 106 valence electrons. The molecule has 0 aliphatic heterocycles. The van der Waals surface area contributed by atoms with Gasteiger partial charge >= 0.3 is 0 Å². The predicted octanol–water partition coefficient (Wildman–Crippen LogP) is 4.30. The molecule has 3 aromatic rings. The van der Waals surface area contributed by atoms with Crippen molar-refractivity contribution in [3.8, 4) is 5.69 Å². The summed E-state index contributed by atoms with van der Waals surface area (Å²) in [5.41, 5.74) is 3.05. The first-order valence-corrected chi connectivity index (χ1v) is 7.54. The second-order valence-electron chi connectivity index (χ2n) is 4.47. The molecule has 0 aliphatic carbocycles. The zero-order valence-electron chi connectivity index (χ0n) is 11.0. The standard InChI is InChI=1S/C15H12BrClN4/c16-12-6-5-11(9-13(12)17)10-18-14-3-1-2-4-15(14)21-8-7-19-20-21/h1-9,18H,10H2. The lowest BCUT2D eigenvalue weighted by Gasteiger charge is -2.12. The van der Waals surface area contributed by atoms with Gasteiger partial charge in [0.25, 0.3) is 0 Å². The van der Waals surface area contributed by atoms with Gasteiger partial charge in [0, 0.05) is 11.0 Å². The van der Waals surface area contributed by atoms with Crippen LogP contribution in [0, 0.1) is 0 Å². The van der Waals surface area contributed by atoms with Crippen LogP contribution in [0.15, 0.2) is 59.3 Å². The van der Waals surface area contributed by atoms with Gasteiger partial charge in [-0.3, -0.25) is 0 Å². The molecule has 0 saturated carbocycles. The van der Waals surface area contributed by atoms with Gasteiger partial charge in [0.1, 0.15) is 0 Å². The van der Waals surface area contributed by atoms with Crippen LogP contribution in [0.4, 0.5) is 5.69 Å². The van der Waals surface area contributed by atoms with E-state index in [2.05, 4.69) is 31.6 Å². The van der Waals surface area contributed by atoms with Gasteiger partial charge in [0.05, 0.1) is 28.8 Å². The summed E-state index contributed by atoms with van der Waals surface area (Å²) in [6.07, 6.45) is 3.47. The molecule has 3 rings (SSSR count). The van der Waals surface area contributed by atoms with Crippen molar-refractivity contribution in [2.45, 2.75) is 6.54 Å². The van der Waals surface area contributed by atoms with Crippen LogP contribution in [-0.4, -0.2) is 15.0 Å². The number of para-hydroxylation sites is 2. The lowest BCUT2D eigenvalue weighted by Crippen LogP contribution is -2.05. The molecule has 0 bridgehead atoms. The summed E-state index contributed by atoms with van der Waals surface area (Å²) < 4.78 is 2.63. The average Bonchev–Trinajstić information content (AvgIpc) is 3.03. The van der Waals surface area contributed by atoms with Gasteiger partial charge in [0.15, 0.2) is 0 Å². The van der Waals surface area contributed by atoms with E-state index >= 15 is 0 Å². The van der Waals surface area contributed by atoms with Crippen molar-refractivity contribution in [2.75, 3.05) is 5.32 Å². The number of hydrogen-bond acceptors (Lipinski definition) is 3. The zero-order valence-corrected chi connectivity index (χ0v) is 13.3. The molecule has 1 aromatic heterocycles. The van der Waals surface area contributed by atoms with E-state index < -0.39 is 0 Å². The molecule has 0 aliphatic rings. The van der Waals surface area contributed by atoms with E-state index in [9.17, 15) is 0 Å². The molecule has 0 saturated heterocycles. The fraction of sp³-hybridized carbons (Fsp3) is 0.0667. The summed E-state index contributed by atoms with van der Waals surface area (Å²) in [5, 5.41) is 12.0. The first kappa shape index (κ1) is 14.1. The van der Waals surface area contributed by atoms with Crippen LogP contribution < -0.4 is 5.32 Å². The number of hydrogen-bond donors (Lipinski definition) is 1. The highest BCUT2D eigenvalue weighted by atomic mass is 79.9. The Hall–Kier alpha value is -1.85. The molecule has 6 heteroatoms. The third kappa shape index (κ3) is 3.25. The molecule has 21 heavy (non-hydrogen) atoms. The van der Waals surface area contributed by atoms with Crippen LogP contribution in [0.25, 0.3) is 5.69 Å². The van der Waals surface area contributed by atoms with Gasteiger partial charge in [0.2, 0.25) is 0 Å². The maximum Gasteiger partial charge on any atom is 0.0894 e. The number of rotatable bonds is 4. The summed E-state index contributed by atoms with van der Waals surface area (Å²) in [6.45, 7) is 0.679. The minimum absolute atomic E-state index is 0.679. The van der Waals surface area contributed by atoms with Crippen LogP contribution in [0.5, 0.6) is 0 Å². The number of aromatic nitrogens is 3. The van der Waals surface area contributed by atoms with E-state index in [0.29, 0.717) is 11.6 Å². The second kappa shape index (κ2) is 6.28. The lowest BCUT2D eigenvalue weighted by atomic mass is 10.2. The Balaban J connectivity index is 1.81. The minimum atomic E-state index is 0.679. The normalized spacial score (nSPS) is 10.6. The van der Waals surface area contributed by atoms with E-state index in [1.54, 1.807) is 10.9 Å². The molecule has 1 heterocycles. The van der Waals surface area contributed by atoms with Gasteiger partial charge in [-0.15, -0.1) is 5.10 Å². The summed E-state index contributed by atoms with van der Waals surface area (Å²) in [6, 6.07) is 13.9. The van der Waals surface area contributed by atoms with Crippen LogP contribution in [0.1, 0.15) is 5.56 Å². The molecule has 2 aromatic carbocycles. The van der Waals surface area contributed by atoms with Gasteiger partial charge in [-0.05, 0) is 45.8 Å². The summed E-state index contributed by atoms with van der Waals surface area (Å²) in [7, 11) is 0. The van der Waals surface area contributed by atoms with Crippen LogP contribution in [0.2, 0.25) is 5.02 Å². The van der Waals surface area contributed by atoms with E-state index in [4.69, 9.17) is 11.6 Å². The van der Waals surface area contributed by atoms with Crippen LogP contribution >= 0.6 is 27.5 Å². The first-order chi connectivity index (χ1) is 10.2. The molecular formula is C15H12BrClN4. The third-order valence-corrected chi connectivity index (χ3v) is 4.27. The smallest absolute Gasteiger partial charge is 0.0894 e. The molecule has 0 spiro atoms.